The van der Waals surface area contributed by atoms with Crippen molar-refractivity contribution in [2.75, 3.05) is 23.5 Å². The van der Waals surface area contributed by atoms with Gasteiger partial charge in [0.1, 0.15) is 0 Å². The highest BCUT2D eigenvalue weighted by Gasteiger charge is 2.27. The van der Waals surface area contributed by atoms with Crippen LogP contribution in [0.1, 0.15) is 32.1 Å². The number of hydrogen-bond acceptors (Lipinski definition) is 6. The van der Waals surface area contributed by atoms with Crippen LogP contribution in [-0.4, -0.2) is 55.3 Å². The van der Waals surface area contributed by atoms with Gasteiger partial charge in [-0.25, -0.2) is 13.2 Å². The molecule has 1 unspecified atom stereocenters. The minimum absolute atomic E-state index is 0.0644. The van der Waals surface area contributed by atoms with E-state index in [0.717, 1.165) is 31.9 Å². The topological polar surface area (TPSA) is 116 Å². The van der Waals surface area contributed by atoms with Crippen LogP contribution in [0.5, 0.6) is 0 Å². The number of carboxylic acids is 1. The molecule has 2 N–H and O–H groups in total. The number of urea groups is 1. The third-order valence-electron chi connectivity index (χ3n) is 5.07. The van der Waals surface area contributed by atoms with Crippen molar-refractivity contribution in [1.82, 2.24) is 5.32 Å². The van der Waals surface area contributed by atoms with Crippen molar-refractivity contribution in [3.8, 4) is 0 Å². The summed E-state index contributed by atoms with van der Waals surface area (Å²) in [6.45, 7) is 0.542. The van der Waals surface area contributed by atoms with Gasteiger partial charge in [0.15, 0.2) is 15.0 Å². The Bertz CT molecular complexity index is 893. The Labute approximate surface area is 174 Å². The fourth-order valence-corrected chi connectivity index (χ4v) is 5.14. The molecule has 3 rings (SSSR count). The summed E-state index contributed by atoms with van der Waals surface area (Å²) in [7, 11) is -3.31. The Morgan fingerprint density at radius 1 is 1.24 bits per heavy atom. The quantitative estimate of drug-likeness (QED) is 0.704. The van der Waals surface area contributed by atoms with Gasteiger partial charge in [-0.1, -0.05) is 24.6 Å². The van der Waals surface area contributed by atoms with Crippen LogP contribution in [0.25, 0.3) is 0 Å². The molecule has 1 aliphatic carbocycles. The van der Waals surface area contributed by atoms with Gasteiger partial charge in [-0.2, -0.15) is 0 Å². The molecule has 0 bridgehead atoms. The molecule has 1 aromatic rings. The first kappa shape index (κ1) is 21.6. The number of thioether (sulfide) groups is 1. The van der Waals surface area contributed by atoms with Gasteiger partial charge >= 0.3 is 12.0 Å². The van der Waals surface area contributed by atoms with E-state index in [2.05, 4.69) is 10.3 Å². The summed E-state index contributed by atoms with van der Waals surface area (Å²) in [5.41, 5.74) is 0.618. The zero-order valence-corrected chi connectivity index (χ0v) is 17.8. The van der Waals surface area contributed by atoms with Crippen molar-refractivity contribution < 1.29 is 23.1 Å². The number of nitrogens with one attached hydrogen (secondary N) is 1. The van der Waals surface area contributed by atoms with Gasteiger partial charge < -0.3 is 5.11 Å². The smallest absolute Gasteiger partial charge is 0.327 e. The second-order valence-electron chi connectivity index (χ2n) is 7.45. The van der Waals surface area contributed by atoms with Gasteiger partial charge in [0.25, 0.3) is 0 Å². The monoisotopic (exact) mass is 439 g/mol. The molecular formula is C19H25N3O5S2. The van der Waals surface area contributed by atoms with Crippen molar-refractivity contribution in [1.29, 1.82) is 0 Å². The van der Waals surface area contributed by atoms with Crippen molar-refractivity contribution in [3.05, 3.63) is 24.3 Å². The Hall–Kier alpha value is -2.07. The highest BCUT2D eigenvalue weighted by atomic mass is 32.2. The number of sulfone groups is 1. The highest BCUT2D eigenvalue weighted by Crippen LogP contribution is 2.28. The lowest BCUT2D eigenvalue weighted by Crippen LogP contribution is -2.44. The Kier molecular flexibility index (Phi) is 6.84. The Balaban J connectivity index is 1.76. The first-order chi connectivity index (χ1) is 13.7. The summed E-state index contributed by atoms with van der Waals surface area (Å²) in [6, 6.07) is 5.61. The van der Waals surface area contributed by atoms with Gasteiger partial charge in [0.2, 0.25) is 0 Å². The number of nitrogens with zero attached hydrogens (tertiary/aromatic N) is 2. The Morgan fingerprint density at radius 2 is 1.90 bits per heavy atom. The number of carbonyl (C=O) groups excluding carboxylic acids is 1. The molecule has 0 spiro atoms. The second-order valence-corrected chi connectivity index (χ2v) is 10.5. The fraction of sp³-hybridized carbons (Fsp3) is 0.526. The molecule has 0 radical (unpaired) electrons. The number of anilines is 1. The molecule has 0 aromatic heterocycles. The Morgan fingerprint density at radius 3 is 2.48 bits per heavy atom. The fourth-order valence-electron chi connectivity index (χ4n) is 3.58. The number of hydrogen-bond donors (Lipinski definition) is 2. The van der Waals surface area contributed by atoms with Gasteiger partial charge in [0, 0.05) is 24.2 Å². The van der Waals surface area contributed by atoms with E-state index < -0.39 is 15.8 Å². The van der Waals surface area contributed by atoms with E-state index in [1.165, 1.54) is 23.9 Å². The molecule has 10 heteroatoms. The SMILES string of the molecule is CS(=O)(=O)c1ccc(N(CC2CCCC2)C(=O)NC2=NC(CC(=O)O)CS2)cc1. The molecule has 1 aromatic carbocycles. The molecule has 8 nitrogen and oxygen atoms in total. The van der Waals surface area contributed by atoms with Crippen LogP contribution in [-0.2, 0) is 14.6 Å². The minimum atomic E-state index is -3.31. The number of aliphatic imine (C=N–C) groups is 1. The molecular weight excluding hydrogens is 414 g/mol. The van der Waals surface area contributed by atoms with Crippen LogP contribution in [0.3, 0.4) is 0 Å². The van der Waals surface area contributed by atoms with E-state index in [1.807, 2.05) is 0 Å². The third kappa shape index (κ3) is 5.96. The number of carbonyl (C=O) groups is 2. The van der Waals surface area contributed by atoms with Crippen LogP contribution in [0.15, 0.2) is 34.2 Å². The van der Waals surface area contributed by atoms with Crippen molar-refractivity contribution in [3.63, 3.8) is 0 Å². The predicted octanol–water partition coefficient (Wildman–Crippen LogP) is 2.74. The maximum Gasteiger partial charge on any atom is 0.327 e. The lowest BCUT2D eigenvalue weighted by Gasteiger charge is -2.26. The van der Waals surface area contributed by atoms with Gasteiger partial charge in [-0.15, -0.1) is 0 Å². The number of carboxylic acid groups (broad SMARTS) is 1. The number of aliphatic carboxylic acids is 1. The van der Waals surface area contributed by atoms with Crippen LogP contribution in [0.2, 0.25) is 0 Å². The molecule has 158 valence electrons. The summed E-state index contributed by atoms with van der Waals surface area (Å²) in [6.07, 6.45) is 5.49. The zero-order valence-electron chi connectivity index (χ0n) is 16.2. The largest absolute Gasteiger partial charge is 0.481 e. The third-order valence-corrected chi connectivity index (χ3v) is 7.23. The van der Waals surface area contributed by atoms with Crippen molar-refractivity contribution >= 4 is 44.5 Å². The zero-order chi connectivity index (χ0) is 21.0. The van der Waals surface area contributed by atoms with Crippen LogP contribution in [0.4, 0.5) is 10.5 Å². The molecule has 1 atom stereocenters. The maximum absolute atomic E-state index is 13.0. The first-order valence-corrected chi connectivity index (χ1v) is 12.4. The second kappa shape index (κ2) is 9.17. The minimum Gasteiger partial charge on any atom is -0.481 e. The lowest BCUT2D eigenvalue weighted by atomic mass is 10.1. The normalized spacial score (nSPS) is 19.8. The lowest BCUT2D eigenvalue weighted by molar-refractivity contribution is -0.137. The molecule has 2 aliphatic rings. The predicted molar refractivity (Wildman–Crippen MR) is 113 cm³/mol. The molecule has 1 aliphatic heterocycles. The first-order valence-electron chi connectivity index (χ1n) is 9.53. The van der Waals surface area contributed by atoms with Crippen LogP contribution >= 0.6 is 11.8 Å². The van der Waals surface area contributed by atoms with E-state index in [1.54, 1.807) is 17.0 Å². The van der Waals surface area contributed by atoms with E-state index in [9.17, 15) is 18.0 Å². The summed E-state index contributed by atoms with van der Waals surface area (Å²) < 4.78 is 23.4. The average Bonchev–Trinajstić information content (AvgIpc) is 3.30. The summed E-state index contributed by atoms with van der Waals surface area (Å²) in [5.74, 6) is 0.00199. The van der Waals surface area contributed by atoms with E-state index in [0.29, 0.717) is 29.1 Å². The van der Waals surface area contributed by atoms with Gasteiger partial charge in [-0.3, -0.25) is 20.0 Å². The molecule has 1 saturated carbocycles. The maximum atomic E-state index is 13.0. The standard InChI is InChI=1S/C19H25N3O5S2/c1-29(26,27)16-8-6-15(7-9-16)22(11-13-4-2-3-5-13)19(25)21-18-20-14(12-28-18)10-17(23)24/h6-9,13-14H,2-5,10-12H2,1H3,(H,23,24)(H,20,21,25). The van der Waals surface area contributed by atoms with E-state index in [4.69, 9.17) is 5.11 Å². The van der Waals surface area contributed by atoms with Crippen molar-refractivity contribution in [2.45, 2.75) is 43.0 Å². The molecule has 0 saturated heterocycles. The molecule has 2 amide bonds. The number of rotatable bonds is 6. The van der Waals surface area contributed by atoms with Gasteiger partial charge in [0.05, 0.1) is 17.4 Å². The highest BCUT2D eigenvalue weighted by molar-refractivity contribution is 8.14. The number of amidine groups is 1. The summed E-state index contributed by atoms with van der Waals surface area (Å²) >= 11 is 1.33. The van der Waals surface area contributed by atoms with Crippen LogP contribution < -0.4 is 10.2 Å². The average molecular weight is 440 g/mol. The number of amides is 2. The van der Waals surface area contributed by atoms with E-state index >= 15 is 0 Å². The van der Waals surface area contributed by atoms with Crippen molar-refractivity contribution in [2.24, 2.45) is 10.9 Å². The summed E-state index contributed by atoms with van der Waals surface area (Å²) in [5, 5.41) is 12.1. The van der Waals surface area contributed by atoms with E-state index in [-0.39, 0.29) is 23.4 Å². The number of benzene rings is 1. The van der Waals surface area contributed by atoms with Gasteiger partial charge in [-0.05, 0) is 43.0 Å². The van der Waals surface area contributed by atoms with Crippen LogP contribution in [0, 0.1) is 5.92 Å². The summed E-state index contributed by atoms with van der Waals surface area (Å²) in [4.78, 5) is 29.9. The molecule has 29 heavy (non-hydrogen) atoms. The molecule has 1 fully saturated rings. The molecule has 1 heterocycles.